The van der Waals surface area contributed by atoms with Crippen molar-refractivity contribution in [3.63, 3.8) is 0 Å². The smallest absolute Gasteiger partial charge is 0.336 e. The molecule has 35 heavy (non-hydrogen) atoms. The molecule has 2 aromatic heterocycles. The first-order valence-corrected chi connectivity index (χ1v) is 13.3. The molecule has 0 saturated heterocycles. The summed E-state index contributed by atoms with van der Waals surface area (Å²) in [6.45, 7) is 5.91. The molecule has 0 saturated carbocycles. The zero-order valence-electron chi connectivity index (χ0n) is 19.9. The Balaban J connectivity index is 1.64. The third-order valence-electron chi connectivity index (χ3n) is 5.84. The summed E-state index contributed by atoms with van der Waals surface area (Å²) >= 11 is 3.44. The highest BCUT2D eigenvalue weighted by atomic mass is 32.2. The van der Waals surface area contributed by atoms with Gasteiger partial charge < -0.3 is 9.47 Å². The maximum Gasteiger partial charge on any atom is 0.336 e. The van der Waals surface area contributed by atoms with Crippen LogP contribution in [0.25, 0.3) is 0 Å². The van der Waals surface area contributed by atoms with Crippen molar-refractivity contribution >= 4 is 41.2 Å². The van der Waals surface area contributed by atoms with E-state index in [-0.39, 0.29) is 13.2 Å². The van der Waals surface area contributed by atoms with Crippen molar-refractivity contribution in [2.24, 2.45) is 16.8 Å². The predicted molar refractivity (Wildman–Crippen MR) is 138 cm³/mol. The minimum Gasteiger partial charge on any atom is -0.460 e. The van der Waals surface area contributed by atoms with E-state index in [0.717, 1.165) is 32.4 Å². The molecule has 2 atom stereocenters. The van der Waals surface area contributed by atoms with Gasteiger partial charge in [-0.1, -0.05) is 0 Å². The highest BCUT2D eigenvalue weighted by molar-refractivity contribution is 8.10. The summed E-state index contributed by atoms with van der Waals surface area (Å²) in [4.78, 5) is 41.6. The summed E-state index contributed by atoms with van der Waals surface area (Å²) in [6, 6.07) is 7.21. The second-order valence-corrected chi connectivity index (χ2v) is 10.7. The number of carbonyl (C=O) groups excluding carboxylic acids is 2. The maximum absolute atomic E-state index is 13.5. The Hall–Kier alpha value is -2.91. The lowest BCUT2D eigenvalue weighted by Crippen LogP contribution is -2.39. The number of nitrogens with zero attached hydrogens (tertiary/aromatic N) is 3. The van der Waals surface area contributed by atoms with Gasteiger partial charge >= 0.3 is 11.9 Å². The number of carbonyl (C=O) groups is 2. The molecule has 0 aliphatic carbocycles. The van der Waals surface area contributed by atoms with Gasteiger partial charge in [-0.3, -0.25) is 19.8 Å². The number of thioether (sulfide) groups is 2. The predicted octanol–water partition coefficient (Wildman–Crippen LogP) is 4.96. The second kappa shape index (κ2) is 11.7. The Morgan fingerprint density at radius 1 is 0.886 bits per heavy atom. The summed E-state index contributed by atoms with van der Waals surface area (Å²) in [5, 5.41) is 0. The fourth-order valence-electron chi connectivity index (χ4n) is 4.15. The second-order valence-electron chi connectivity index (χ2n) is 8.22. The summed E-state index contributed by atoms with van der Waals surface area (Å²) in [6.07, 6.45) is 6.63. The van der Waals surface area contributed by atoms with E-state index in [0.29, 0.717) is 17.0 Å². The van der Waals surface area contributed by atoms with Crippen LogP contribution in [-0.4, -0.2) is 39.1 Å². The van der Waals surface area contributed by atoms with Gasteiger partial charge in [0.1, 0.15) is 19.1 Å². The fourth-order valence-corrected chi connectivity index (χ4v) is 6.60. The van der Waals surface area contributed by atoms with Crippen LogP contribution in [-0.2, 0) is 32.3 Å². The van der Waals surface area contributed by atoms with Crippen molar-refractivity contribution in [2.75, 3.05) is 11.5 Å². The van der Waals surface area contributed by atoms with Crippen molar-refractivity contribution in [3.8, 4) is 0 Å². The molecule has 0 N–H and O–H groups in total. The first kappa shape index (κ1) is 25.2. The quantitative estimate of drug-likeness (QED) is 0.484. The number of hydrogen-bond donors (Lipinski definition) is 0. The molecule has 0 spiro atoms. The van der Waals surface area contributed by atoms with Crippen molar-refractivity contribution in [1.29, 1.82) is 0 Å². The topological polar surface area (TPSA) is 90.7 Å². The van der Waals surface area contributed by atoms with E-state index in [1.807, 2.05) is 13.8 Å². The standard InChI is InChI=1S/C26H27N3O4S2/c1-16-21(25(30)32-14-19-4-8-27-9-5-19)23(24-18(3)34-12-13-35-24)22(17(2)29-16)26(31)33-15-20-6-10-28-11-7-20/h4-11,21,23H,12-15H2,1-3H3. The van der Waals surface area contributed by atoms with Crippen LogP contribution in [0.4, 0.5) is 0 Å². The highest BCUT2D eigenvalue weighted by Crippen LogP contribution is 2.47. The number of rotatable bonds is 7. The van der Waals surface area contributed by atoms with Crippen LogP contribution in [0.3, 0.4) is 0 Å². The zero-order chi connectivity index (χ0) is 24.8. The number of aliphatic imine (C=N–C) groups is 1. The Kier molecular flexibility index (Phi) is 8.41. The third kappa shape index (κ3) is 6.02. The minimum absolute atomic E-state index is 0.116. The van der Waals surface area contributed by atoms with Crippen LogP contribution in [0, 0.1) is 11.8 Å². The number of ether oxygens (including phenoxy) is 2. The largest absolute Gasteiger partial charge is 0.460 e. The van der Waals surface area contributed by atoms with Gasteiger partial charge in [0.15, 0.2) is 0 Å². The first-order valence-electron chi connectivity index (χ1n) is 11.3. The van der Waals surface area contributed by atoms with Crippen LogP contribution in [0.15, 0.2) is 75.1 Å². The van der Waals surface area contributed by atoms with E-state index in [9.17, 15) is 9.59 Å². The van der Waals surface area contributed by atoms with Crippen LogP contribution in [0.2, 0.25) is 0 Å². The summed E-state index contributed by atoms with van der Waals surface area (Å²) in [5.74, 6) is -0.191. The number of esters is 2. The molecule has 0 radical (unpaired) electrons. The molecule has 2 aliphatic rings. The van der Waals surface area contributed by atoms with Crippen molar-refractivity contribution < 1.29 is 19.1 Å². The first-order chi connectivity index (χ1) is 17.0. The lowest BCUT2D eigenvalue weighted by atomic mass is 9.79. The van der Waals surface area contributed by atoms with Gasteiger partial charge in [-0.05, 0) is 61.1 Å². The van der Waals surface area contributed by atoms with Crippen molar-refractivity contribution in [1.82, 2.24) is 9.97 Å². The fraction of sp³-hybridized carbons (Fsp3) is 0.346. The van der Waals surface area contributed by atoms with Gasteiger partial charge in [-0.25, -0.2) is 4.79 Å². The van der Waals surface area contributed by atoms with Crippen molar-refractivity contribution in [3.05, 3.63) is 81.3 Å². The molecule has 9 heteroatoms. The number of allylic oxidation sites excluding steroid dienone is 3. The molecule has 2 unspecified atom stereocenters. The molecule has 0 bridgehead atoms. The average molecular weight is 510 g/mol. The van der Waals surface area contributed by atoms with E-state index >= 15 is 0 Å². The Morgan fingerprint density at radius 2 is 1.46 bits per heavy atom. The van der Waals surface area contributed by atoms with Gasteiger partial charge in [0, 0.05) is 58.5 Å². The van der Waals surface area contributed by atoms with Gasteiger partial charge in [0.05, 0.1) is 5.57 Å². The lowest BCUT2D eigenvalue weighted by molar-refractivity contribution is -0.148. The van der Waals surface area contributed by atoms with Gasteiger partial charge in [0.25, 0.3) is 0 Å². The number of pyridine rings is 2. The van der Waals surface area contributed by atoms with E-state index in [1.54, 1.807) is 79.5 Å². The van der Waals surface area contributed by atoms with Gasteiger partial charge in [0.2, 0.25) is 0 Å². The Morgan fingerprint density at radius 3 is 2.06 bits per heavy atom. The number of hydrogen-bond acceptors (Lipinski definition) is 9. The molecular weight excluding hydrogens is 482 g/mol. The summed E-state index contributed by atoms with van der Waals surface area (Å²) < 4.78 is 11.4. The van der Waals surface area contributed by atoms with E-state index in [1.165, 1.54) is 0 Å². The molecule has 4 rings (SSSR count). The SMILES string of the molecule is CC1=NC(C)=C(C(=O)OCc2ccncc2)C(C2=C(C)SCCS2)C1C(=O)OCc1ccncc1. The normalized spacial score (nSPS) is 20.4. The van der Waals surface area contributed by atoms with Crippen LogP contribution in [0.5, 0.6) is 0 Å². The molecular formula is C26H27N3O4S2. The average Bonchev–Trinajstić information content (AvgIpc) is 2.87. The molecule has 0 amide bonds. The van der Waals surface area contributed by atoms with Crippen LogP contribution < -0.4 is 0 Å². The summed E-state index contributed by atoms with van der Waals surface area (Å²) in [7, 11) is 0. The van der Waals surface area contributed by atoms with Gasteiger partial charge in [-0.2, -0.15) is 0 Å². The molecule has 0 aromatic carbocycles. The van der Waals surface area contributed by atoms with Crippen molar-refractivity contribution in [2.45, 2.75) is 34.0 Å². The molecule has 2 aromatic rings. The van der Waals surface area contributed by atoms with E-state index in [2.05, 4.69) is 15.0 Å². The minimum atomic E-state index is -0.708. The van der Waals surface area contributed by atoms with Crippen LogP contribution >= 0.6 is 23.5 Å². The molecule has 2 aliphatic heterocycles. The summed E-state index contributed by atoms with van der Waals surface area (Å²) in [5.41, 5.74) is 3.30. The van der Waals surface area contributed by atoms with E-state index in [4.69, 9.17) is 9.47 Å². The zero-order valence-corrected chi connectivity index (χ0v) is 21.5. The van der Waals surface area contributed by atoms with E-state index < -0.39 is 23.8 Å². The maximum atomic E-state index is 13.5. The third-order valence-corrected chi connectivity index (χ3v) is 8.57. The Labute approximate surface area is 213 Å². The number of aromatic nitrogens is 2. The van der Waals surface area contributed by atoms with Crippen LogP contribution in [0.1, 0.15) is 31.9 Å². The Bertz CT molecular complexity index is 1180. The molecule has 182 valence electrons. The lowest BCUT2D eigenvalue weighted by Gasteiger charge is -2.34. The monoisotopic (exact) mass is 509 g/mol. The molecule has 4 heterocycles. The molecule has 7 nitrogen and oxygen atoms in total. The highest BCUT2D eigenvalue weighted by Gasteiger charge is 2.44. The molecule has 0 fully saturated rings. The van der Waals surface area contributed by atoms with Gasteiger partial charge in [-0.15, -0.1) is 23.5 Å².